The molecule has 0 saturated carbocycles. The number of nitrogens with zero attached hydrogens (tertiary/aromatic N) is 10. The summed E-state index contributed by atoms with van der Waals surface area (Å²) in [6.07, 6.45) is 0. The van der Waals surface area contributed by atoms with Crippen molar-refractivity contribution in [3.8, 4) is 79.6 Å². The fourth-order valence-electron chi connectivity index (χ4n) is 8.76. The molecule has 0 amide bonds. The summed E-state index contributed by atoms with van der Waals surface area (Å²) in [6.45, 7) is 8.23. The van der Waals surface area contributed by atoms with Gasteiger partial charge in [-0.3, -0.25) is 0 Å². The fourth-order valence-corrected chi connectivity index (χ4v) is 9.40. The topological polar surface area (TPSA) is 147 Å². The Morgan fingerprint density at radius 2 is 0.650 bits per heavy atom. The normalized spacial score (nSPS) is 13.3. The third-order valence-corrected chi connectivity index (χ3v) is 14.2. The fraction of sp³-hybridized carbons (Fsp3) is 0.0938. The molecule has 1 aliphatic heterocycles. The van der Waals surface area contributed by atoms with Crippen molar-refractivity contribution in [3.05, 3.63) is 234 Å². The van der Waals surface area contributed by atoms with E-state index < -0.39 is 18.3 Å². The SMILES string of the molecule is CC1(C)OB(c2cccc(-c3nc(-c4ccccc4)nc(-c4ccccc4)n3)c2)OC1(C)C.Clc1nc(-c2cccc(-c3nc(-c4ccccc4)nc(-c4ccccc4)n3)c2)c2ccccc2n1.Clc1nc(Cl)c2ccccc2n1. The van der Waals surface area contributed by atoms with Gasteiger partial charge >= 0.3 is 7.12 Å². The van der Waals surface area contributed by atoms with Crippen LogP contribution in [0.2, 0.25) is 15.7 Å². The van der Waals surface area contributed by atoms with Gasteiger partial charge in [-0.25, -0.2) is 49.8 Å². The van der Waals surface area contributed by atoms with Crippen LogP contribution in [0.15, 0.2) is 218 Å². The molecule has 0 aliphatic carbocycles. The summed E-state index contributed by atoms with van der Waals surface area (Å²) in [4.78, 5) is 45.6. The predicted octanol–water partition coefficient (Wildman–Crippen LogP) is 15.2. The molecule has 0 spiro atoms. The molecule has 1 aliphatic rings. The number of halogens is 3. The van der Waals surface area contributed by atoms with E-state index in [1.807, 2.05) is 218 Å². The van der Waals surface area contributed by atoms with Crippen LogP contribution >= 0.6 is 34.8 Å². The molecule has 16 heteroatoms. The van der Waals surface area contributed by atoms with Crippen molar-refractivity contribution in [2.75, 3.05) is 0 Å². The number of hydrogen-bond donors (Lipinski definition) is 0. The van der Waals surface area contributed by atoms with Gasteiger partial charge in [0.05, 0.1) is 27.9 Å². The zero-order chi connectivity index (χ0) is 55.2. The molecule has 12 aromatic rings. The van der Waals surface area contributed by atoms with Crippen LogP contribution in [-0.2, 0) is 9.31 Å². The molecule has 13 rings (SSSR count). The first-order valence-corrected chi connectivity index (χ1v) is 26.8. The van der Waals surface area contributed by atoms with Crippen LogP contribution < -0.4 is 5.46 Å². The molecule has 390 valence electrons. The van der Waals surface area contributed by atoms with Crippen molar-refractivity contribution >= 4 is 69.2 Å². The maximum atomic E-state index is 6.25. The van der Waals surface area contributed by atoms with E-state index in [0.717, 1.165) is 71.9 Å². The zero-order valence-electron chi connectivity index (χ0n) is 43.8. The van der Waals surface area contributed by atoms with Gasteiger partial charge in [-0.05, 0) is 80.6 Å². The van der Waals surface area contributed by atoms with E-state index in [9.17, 15) is 0 Å². The van der Waals surface area contributed by atoms with Gasteiger partial charge in [-0.15, -0.1) is 0 Å². The Balaban J connectivity index is 0.000000140. The van der Waals surface area contributed by atoms with Crippen LogP contribution in [-0.4, -0.2) is 68.2 Å². The Morgan fingerprint density at radius 3 is 1.11 bits per heavy atom. The van der Waals surface area contributed by atoms with Crippen LogP contribution in [0.3, 0.4) is 0 Å². The second-order valence-corrected chi connectivity index (χ2v) is 20.6. The van der Waals surface area contributed by atoms with Crippen LogP contribution in [0.5, 0.6) is 0 Å². The minimum atomic E-state index is -0.445. The summed E-state index contributed by atoms with van der Waals surface area (Å²) in [7, 11) is -0.445. The van der Waals surface area contributed by atoms with Crippen LogP contribution in [0.4, 0.5) is 0 Å². The molecular weight excluding hydrogens is 1060 g/mol. The molecule has 80 heavy (non-hydrogen) atoms. The first-order valence-electron chi connectivity index (χ1n) is 25.6. The average Bonchev–Trinajstić information content (AvgIpc) is 3.81. The number of fused-ring (bicyclic) bond motifs is 2. The van der Waals surface area contributed by atoms with Gasteiger partial charge in [0.15, 0.2) is 34.9 Å². The number of benzene rings is 8. The van der Waals surface area contributed by atoms with E-state index in [1.54, 1.807) is 0 Å². The van der Waals surface area contributed by atoms with Crippen LogP contribution in [0.25, 0.3) is 101 Å². The highest BCUT2D eigenvalue weighted by Crippen LogP contribution is 2.37. The van der Waals surface area contributed by atoms with E-state index >= 15 is 0 Å². The standard InChI is InChI=1S/C29H18ClN5.C27H26BN3O2.C8H4Cl2N2/c30-29-31-24-17-8-7-16-23(24)25(32-29)21-14-9-15-22(18-21)28-34-26(19-10-3-1-4-11-19)33-27(35-28)20-12-5-2-6-13-20;1-26(2)27(3,4)33-28(32-26)22-17-11-16-21(18-22)25-30-23(19-12-7-5-8-13-19)29-24(31-25)20-14-9-6-10-15-20;9-7-5-3-1-2-4-6(5)11-8(10)12-7/h1-18H;5-18H,1-4H3;1-4H. The number of aromatic nitrogens is 10. The van der Waals surface area contributed by atoms with Crippen molar-refractivity contribution in [2.45, 2.75) is 38.9 Å². The summed E-state index contributed by atoms with van der Waals surface area (Å²) < 4.78 is 12.5. The Hall–Kier alpha value is -8.69. The quantitative estimate of drug-likeness (QED) is 0.0810. The average molecular weight is 1110 g/mol. The highest BCUT2D eigenvalue weighted by molar-refractivity contribution is 6.62. The lowest BCUT2D eigenvalue weighted by atomic mass is 9.78. The van der Waals surface area contributed by atoms with E-state index in [2.05, 4.69) is 47.6 Å². The molecule has 0 unspecified atom stereocenters. The number of para-hydroxylation sites is 2. The van der Waals surface area contributed by atoms with E-state index in [4.69, 9.17) is 74.0 Å². The smallest absolute Gasteiger partial charge is 0.399 e. The molecule has 4 aromatic heterocycles. The second-order valence-electron chi connectivity index (χ2n) is 19.5. The Bertz CT molecular complexity index is 4020. The minimum Gasteiger partial charge on any atom is -0.399 e. The highest BCUT2D eigenvalue weighted by Gasteiger charge is 2.51. The van der Waals surface area contributed by atoms with Gasteiger partial charge in [0.25, 0.3) is 0 Å². The maximum Gasteiger partial charge on any atom is 0.494 e. The van der Waals surface area contributed by atoms with Gasteiger partial charge in [-0.1, -0.05) is 206 Å². The Kier molecular flexibility index (Phi) is 15.6. The second kappa shape index (κ2) is 23.3. The highest BCUT2D eigenvalue weighted by atomic mass is 35.5. The summed E-state index contributed by atoms with van der Waals surface area (Å²) in [5, 5.41) is 2.54. The van der Waals surface area contributed by atoms with E-state index in [0.29, 0.717) is 40.1 Å². The molecule has 0 atom stereocenters. The molecule has 5 heterocycles. The molecule has 0 N–H and O–H groups in total. The molecule has 0 radical (unpaired) electrons. The first kappa shape index (κ1) is 53.3. The number of rotatable bonds is 8. The van der Waals surface area contributed by atoms with Gasteiger partial charge in [0.2, 0.25) is 10.6 Å². The summed E-state index contributed by atoms with van der Waals surface area (Å²) in [5.41, 5.74) is 8.87. The summed E-state index contributed by atoms with van der Waals surface area (Å²) in [6, 6.07) is 71.2. The van der Waals surface area contributed by atoms with Crippen molar-refractivity contribution in [1.82, 2.24) is 49.8 Å². The van der Waals surface area contributed by atoms with E-state index in [-0.39, 0.29) is 10.6 Å². The minimum absolute atomic E-state index is 0.179. The van der Waals surface area contributed by atoms with Gasteiger partial charge in [0.1, 0.15) is 5.15 Å². The molecular formula is C64H48BCl3N10O2. The van der Waals surface area contributed by atoms with Crippen molar-refractivity contribution < 1.29 is 9.31 Å². The molecule has 8 aromatic carbocycles. The van der Waals surface area contributed by atoms with Crippen molar-refractivity contribution in [2.24, 2.45) is 0 Å². The van der Waals surface area contributed by atoms with Crippen molar-refractivity contribution in [1.29, 1.82) is 0 Å². The van der Waals surface area contributed by atoms with E-state index in [1.165, 1.54) is 0 Å². The van der Waals surface area contributed by atoms with Gasteiger partial charge in [-0.2, -0.15) is 0 Å². The third-order valence-electron chi connectivity index (χ3n) is 13.6. The first-order chi connectivity index (χ1) is 38.8. The maximum absolute atomic E-state index is 6.25. The largest absolute Gasteiger partial charge is 0.494 e. The molecule has 0 bridgehead atoms. The molecule has 1 saturated heterocycles. The van der Waals surface area contributed by atoms with Gasteiger partial charge in [0, 0.05) is 49.7 Å². The van der Waals surface area contributed by atoms with Gasteiger partial charge < -0.3 is 9.31 Å². The monoisotopic (exact) mass is 1100 g/mol. The molecule has 12 nitrogen and oxygen atoms in total. The Labute approximate surface area is 478 Å². The lowest BCUT2D eigenvalue weighted by Gasteiger charge is -2.32. The lowest BCUT2D eigenvalue weighted by molar-refractivity contribution is 0.00578. The van der Waals surface area contributed by atoms with Crippen LogP contribution in [0.1, 0.15) is 27.7 Å². The summed E-state index contributed by atoms with van der Waals surface area (Å²) in [5.74, 6) is 3.72. The predicted molar refractivity (Wildman–Crippen MR) is 321 cm³/mol. The number of hydrogen-bond acceptors (Lipinski definition) is 12. The molecule has 1 fully saturated rings. The Morgan fingerprint density at radius 1 is 0.312 bits per heavy atom. The third kappa shape index (κ3) is 12.0. The summed E-state index contributed by atoms with van der Waals surface area (Å²) >= 11 is 17.7. The van der Waals surface area contributed by atoms with Crippen molar-refractivity contribution in [3.63, 3.8) is 0 Å². The zero-order valence-corrected chi connectivity index (χ0v) is 46.1. The lowest BCUT2D eigenvalue weighted by Crippen LogP contribution is -2.41. The van der Waals surface area contributed by atoms with Crippen LogP contribution in [0, 0.1) is 0 Å².